The summed E-state index contributed by atoms with van der Waals surface area (Å²) in [4.78, 5) is 0. The van der Waals surface area contributed by atoms with Gasteiger partial charge in [-0.1, -0.05) is 129 Å². The zero-order chi connectivity index (χ0) is 28.5. The van der Waals surface area contributed by atoms with Gasteiger partial charge in [0.1, 0.15) is 11.2 Å². The maximum absolute atomic E-state index is 6.37. The summed E-state index contributed by atoms with van der Waals surface area (Å²) in [5.41, 5.74) is 13.7. The lowest BCUT2D eigenvalue weighted by molar-refractivity contribution is 0.421. The largest absolute Gasteiger partial charge is 0.455 e. The molecule has 1 aromatic heterocycles. The van der Waals surface area contributed by atoms with Crippen LogP contribution in [0.5, 0.6) is 0 Å². The van der Waals surface area contributed by atoms with Crippen LogP contribution >= 0.6 is 0 Å². The van der Waals surface area contributed by atoms with Gasteiger partial charge in [-0.25, -0.2) is 0 Å². The van der Waals surface area contributed by atoms with E-state index in [9.17, 15) is 0 Å². The smallest absolute Gasteiger partial charge is 0.143 e. The SMILES string of the molecule is CC/C=C(\C=C/c1cccc(-c2cccc(-c3ccccc3C)c2C2CCC2)c1)c1cccc2c1oc1ccccc12. The Balaban J connectivity index is 1.28. The molecule has 6 aromatic rings. The molecule has 0 saturated heterocycles. The van der Waals surface area contributed by atoms with E-state index >= 15 is 0 Å². The van der Waals surface area contributed by atoms with Gasteiger partial charge in [-0.3, -0.25) is 0 Å². The minimum absolute atomic E-state index is 0.624. The Hall–Kier alpha value is -4.62. The molecule has 1 fully saturated rings. The van der Waals surface area contributed by atoms with E-state index in [4.69, 9.17) is 4.42 Å². The van der Waals surface area contributed by atoms with Crippen LogP contribution in [0.4, 0.5) is 0 Å². The molecule has 7 rings (SSSR count). The van der Waals surface area contributed by atoms with E-state index in [2.05, 4.69) is 135 Å². The lowest BCUT2D eigenvalue weighted by atomic mass is 9.74. The zero-order valence-electron chi connectivity index (χ0n) is 24.4. The van der Waals surface area contributed by atoms with Gasteiger partial charge in [0, 0.05) is 16.3 Å². The van der Waals surface area contributed by atoms with Crippen molar-refractivity contribution in [3.05, 3.63) is 144 Å². The van der Waals surface area contributed by atoms with Gasteiger partial charge in [0.25, 0.3) is 0 Å². The molecule has 0 N–H and O–H groups in total. The molecule has 206 valence electrons. The Kier molecular flexibility index (Phi) is 7.10. The number of para-hydroxylation sites is 2. The third kappa shape index (κ3) is 4.80. The molecular formula is C41H36O. The summed E-state index contributed by atoms with van der Waals surface area (Å²) >= 11 is 0. The maximum atomic E-state index is 6.37. The van der Waals surface area contributed by atoms with Crippen molar-refractivity contribution in [3.8, 4) is 22.3 Å². The fraction of sp³-hybridized carbons (Fsp3) is 0.171. The van der Waals surface area contributed by atoms with Gasteiger partial charge in [0.15, 0.2) is 0 Å². The van der Waals surface area contributed by atoms with Crippen molar-refractivity contribution < 1.29 is 4.42 Å². The third-order valence-electron chi connectivity index (χ3n) is 8.85. The van der Waals surface area contributed by atoms with Crippen LogP contribution in [0.15, 0.2) is 126 Å². The van der Waals surface area contributed by atoms with Gasteiger partial charge in [0.2, 0.25) is 0 Å². The van der Waals surface area contributed by atoms with E-state index in [1.165, 1.54) is 63.8 Å². The van der Waals surface area contributed by atoms with E-state index in [1.54, 1.807) is 0 Å². The van der Waals surface area contributed by atoms with Crippen LogP contribution in [0.2, 0.25) is 0 Å². The molecule has 0 spiro atoms. The number of rotatable bonds is 7. The normalized spacial score (nSPS) is 14.2. The molecule has 1 saturated carbocycles. The first-order chi connectivity index (χ1) is 20.7. The highest BCUT2D eigenvalue weighted by atomic mass is 16.3. The quantitative estimate of drug-likeness (QED) is 0.182. The molecule has 0 aliphatic heterocycles. The van der Waals surface area contributed by atoms with E-state index < -0.39 is 0 Å². The number of allylic oxidation sites excluding steroid dienone is 3. The van der Waals surface area contributed by atoms with Crippen molar-refractivity contribution >= 4 is 33.6 Å². The van der Waals surface area contributed by atoms with Crippen LogP contribution < -0.4 is 0 Å². The molecular weight excluding hydrogens is 508 g/mol. The van der Waals surface area contributed by atoms with Crippen LogP contribution in [0.25, 0.3) is 55.8 Å². The molecule has 1 aliphatic rings. The average Bonchev–Trinajstić information content (AvgIpc) is 3.38. The van der Waals surface area contributed by atoms with Crippen molar-refractivity contribution in [3.63, 3.8) is 0 Å². The molecule has 1 nitrogen and oxygen atoms in total. The fourth-order valence-electron chi connectivity index (χ4n) is 6.52. The van der Waals surface area contributed by atoms with Gasteiger partial charge in [-0.2, -0.15) is 0 Å². The standard InChI is InChI=1S/C41H36O/c1-3-12-30(35-21-11-23-38-36-19-6-7-24-39(36)42-41(35)38)26-25-29-14-8-17-32(27-29)34-20-10-22-37(40(34)31-15-9-16-31)33-18-5-4-13-28(33)2/h4-8,10-14,17-27,31H,3,9,15-16H2,1-2H3/b26-25-,30-12+. The molecule has 5 aromatic carbocycles. The molecule has 0 bridgehead atoms. The summed E-state index contributed by atoms with van der Waals surface area (Å²) in [6, 6.07) is 39.5. The van der Waals surface area contributed by atoms with Gasteiger partial charge in [-0.05, 0) is 88.8 Å². The number of furan rings is 1. The van der Waals surface area contributed by atoms with E-state index in [1.807, 2.05) is 6.07 Å². The van der Waals surface area contributed by atoms with Crippen molar-refractivity contribution in [2.45, 2.75) is 45.4 Å². The summed E-state index contributed by atoms with van der Waals surface area (Å²) in [5, 5.41) is 2.33. The minimum Gasteiger partial charge on any atom is -0.455 e. The summed E-state index contributed by atoms with van der Waals surface area (Å²) in [6.45, 7) is 4.42. The van der Waals surface area contributed by atoms with Gasteiger partial charge in [-0.15, -0.1) is 0 Å². The molecule has 1 heteroatoms. The van der Waals surface area contributed by atoms with Crippen LogP contribution in [-0.4, -0.2) is 0 Å². The molecule has 0 radical (unpaired) electrons. The average molecular weight is 545 g/mol. The predicted octanol–water partition coefficient (Wildman–Crippen LogP) is 12.0. The van der Waals surface area contributed by atoms with E-state index in [0.29, 0.717) is 5.92 Å². The Morgan fingerprint density at radius 2 is 1.50 bits per heavy atom. The lowest BCUT2D eigenvalue weighted by Gasteiger charge is -2.31. The second-order valence-corrected chi connectivity index (χ2v) is 11.5. The Morgan fingerprint density at radius 3 is 2.33 bits per heavy atom. The Bertz CT molecular complexity index is 1960. The predicted molar refractivity (Wildman–Crippen MR) is 180 cm³/mol. The van der Waals surface area contributed by atoms with Crippen LogP contribution in [0, 0.1) is 6.92 Å². The molecule has 42 heavy (non-hydrogen) atoms. The monoisotopic (exact) mass is 544 g/mol. The Labute approximate surface area is 248 Å². The molecule has 0 unspecified atom stereocenters. The summed E-state index contributed by atoms with van der Waals surface area (Å²) < 4.78 is 6.37. The summed E-state index contributed by atoms with van der Waals surface area (Å²) in [5.74, 6) is 0.624. The molecule has 0 amide bonds. The van der Waals surface area contributed by atoms with Crippen molar-refractivity contribution in [1.82, 2.24) is 0 Å². The number of hydrogen-bond donors (Lipinski definition) is 0. The summed E-state index contributed by atoms with van der Waals surface area (Å²) in [7, 11) is 0. The van der Waals surface area contributed by atoms with Crippen LogP contribution in [0.3, 0.4) is 0 Å². The number of aryl methyl sites for hydroxylation is 1. The Morgan fingerprint density at radius 1 is 0.762 bits per heavy atom. The van der Waals surface area contributed by atoms with Crippen molar-refractivity contribution in [1.29, 1.82) is 0 Å². The van der Waals surface area contributed by atoms with Crippen LogP contribution in [0.1, 0.15) is 60.8 Å². The second kappa shape index (κ2) is 11.3. The van der Waals surface area contributed by atoms with Crippen molar-refractivity contribution in [2.24, 2.45) is 0 Å². The highest BCUT2D eigenvalue weighted by Crippen LogP contribution is 2.46. The second-order valence-electron chi connectivity index (χ2n) is 11.5. The van der Waals surface area contributed by atoms with Gasteiger partial charge in [0.05, 0.1) is 0 Å². The van der Waals surface area contributed by atoms with E-state index in [-0.39, 0.29) is 0 Å². The number of benzene rings is 5. The first-order valence-electron chi connectivity index (χ1n) is 15.3. The zero-order valence-corrected chi connectivity index (χ0v) is 24.4. The topological polar surface area (TPSA) is 13.1 Å². The minimum atomic E-state index is 0.624. The third-order valence-corrected chi connectivity index (χ3v) is 8.85. The van der Waals surface area contributed by atoms with Crippen molar-refractivity contribution in [2.75, 3.05) is 0 Å². The van der Waals surface area contributed by atoms with Crippen LogP contribution in [-0.2, 0) is 0 Å². The molecule has 1 aliphatic carbocycles. The number of hydrogen-bond acceptors (Lipinski definition) is 1. The number of fused-ring (bicyclic) bond motifs is 3. The molecule has 0 atom stereocenters. The first-order valence-corrected chi connectivity index (χ1v) is 15.3. The first kappa shape index (κ1) is 26.3. The van der Waals surface area contributed by atoms with Gasteiger partial charge < -0.3 is 4.42 Å². The van der Waals surface area contributed by atoms with E-state index in [0.717, 1.165) is 33.9 Å². The highest BCUT2D eigenvalue weighted by Gasteiger charge is 2.26. The summed E-state index contributed by atoms with van der Waals surface area (Å²) in [6.07, 6.45) is 11.6. The lowest BCUT2D eigenvalue weighted by Crippen LogP contribution is -2.12. The maximum Gasteiger partial charge on any atom is 0.143 e. The molecule has 1 heterocycles. The fourth-order valence-corrected chi connectivity index (χ4v) is 6.52. The highest BCUT2D eigenvalue weighted by molar-refractivity contribution is 6.08. The van der Waals surface area contributed by atoms with Gasteiger partial charge >= 0.3 is 0 Å².